The van der Waals surface area contributed by atoms with Crippen LogP contribution in [0.1, 0.15) is 12.0 Å². The largest absolute Gasteiger partial charge is 0.484 e. The van der Waals surface area contributed by atoms with Gasteiger partial charge in [-0.3, -0.25) is 4.79 Å². The first-order chi connectivity index (χ1) is 12.1. The molecule has 1 amide bonds. The minimum Gasteiger partial charge on any atom is -0.484 e. The van der Waals surface area contributed by atoms with Crippen LogP contribution in [0, 0.1) is 0 Å². The molecule has 2 aromatic carbocycles. The molecule has 4 nitrogen and oxygen atoms in total. The summed E-state index contributed by atoms with van der Waals surface area (Å²) in [7, 11) is 0. The molecule has 3 rings (SSSR count). The second kappa shape index (κ2) is 8.61. The van der Waals surface area contributed by atoms with Gasteiger partial charge in [0.1, 0.15) is 5.75 Å². The van der Waals surface area contributed by atoms with Crippen LogP contribution in [0.4, 0.5) is 0 Å². The zero-order valence-electron chi connectivity index (χ0n) is 13.7. The van der Waals surface area contributed by atoms with Gasteiger partial charge in [-0.1, -0.05) is 23.7 Å². The zero-order chi connectivity index (χ0) is 17.6. The van der Waals surface area contributed by atoms with Crippen molar-refractivity contribution in [2.24, 2.45) is 0 Å². The van der Waals surface area contributed by atoms with Crippen LogP contribution in [0.15, 0.2) is 53.4 Å². The van der Waals surface area contributed by atoms with Crippen LogP contribution in [0.5, 0.6) is 5.75 Å². The number of carbonyl (C=O) groups is 1. The van der Waals surface area contributed by atoms with Gasteiger partial charge in [0.15, 0.2) is 6.61 Å². The Morgan fingerprint density at radius 3 is 2.60 bits per heavy atom. The number of hydrogen-bond acceptors (Lipinski definition) is 4. The van der Waals surface area contributed by atoms with Crippen LogP contribution in [-0.4, -0.2) is 40.9 Å². The van der Waals surface area contributed by atoms with Gasteiger partial charge in [0.2, 0.25) is 0 Å². The van der Waals surface area contributed by atoms with E-state index in [1.165, 1.54) is 4.90 Å². The summed E-state index contributed by atoms with van der Waals surface area (Å²) in [6.45, 7) is 1.53. The highest BCUT2D eigenvalue weighted by Gasteiger charge is 2.27. The fourth-order valence-corrected chi connectivity index (χ4v) is 3.97. The molecular weight excluding hydrogens is 358 g/mol. The lowest BCUT2D eigenvalue weighted by atomic mass is 10.2. The molecule has 1 saturated heterocycles. The molecule has 1 unspecified atom stereocenters. The minimum atomic E-state index is -0.000334. The van der Waals surface area contributed by atoms with E-state index in [2.05, 4.69) is 0 Å². The Morgan fingerprint density at radius 1 is 1.20 bits per heavy atom. The number of nitrogens with zero attached hydrogens (tertiary/aromatic N) is 1. The summed E-state index contributed by atoms with van der Waals surface area (Å²) in [6, 6.07) is 14.9. The average Bonchev–Trinajstić information content (AvgIpc) is 3.10. The van der Waals surface area contributed by atoms with Crippen LogP contribution in [-0.2, 0) is 11.4 Å². The highest BCUT2D eigenvalue weighted by Crippen LogP contribution is 2.30. The van der Waals surface area contributed by atoms with Crippen molar-refractivity contribution >= 4 is 29.3 Å². The van der Waals surface area contributed by atoms with Gasteiger partial charge in [-0.15, -0.1) is 11.8 Å². The van der Waals surface area contributed by atoms with E-state index < -0.39 is 0 Å². The van der Waals surface area contributed by atoms with E-state index in [0.29, 0.717) is 11.0 Å². The molecule has 0 aromatic heterocycles. The van der Waals surface area contributed by atoms with E-state index in [-0.39, 0.29) is 19.1 Å². The number of ether oxygens (including phenoxy) is 1. The SMILES string of the molecule is O=C(COc1ccc(CO)cc1)N1CCC(Sc2ccc(Cl)cc2)C1. The average molecular weight is 378 g/mol. The number of thioether (sulfide) groups is 1. The van der Waals surface area contributed by atoms with E-state index in [9.17, 15) is 4.79 Å². The molecule has 0 radical (unpaired) electrons. The predicted molar refractivity (Wildman–Crippen MR) is 100 cm³/mol. The quantitative estimate of drug-likeness (QED) is 0.835. The monoisotopic (exact) mass is 377 g/mol. The molecule has 2 aromatic rings. The fraction of sp³-hybridized carbons (Fsp3) is 0.316. The molecule has 1 aliphatic heterocycles. The van der Waals surface area contributed by atoms with E-state index in [1.807, 2.05) is 29.2 Å². The van der Waals surface area contributed by atoms with Crippen molar-refractivity contribution in [3.05, 3.63) is 59.1 Å². The van der Waals surface area contributed by atoms with Crippen LogP contribution < -0.4 is 4.74 Å². The molecule has 1 fully saturated rings. The van der Waals surface area contributed by atoms with Gasteiger partial charge in [0.25, 0.3) is 5.91 Å². The van der Waals surface area contributed by atoms with Crippen LogP contribution in [0.3, 0.4) is 0 Å². The van der Waals surface area contributed by atoms with E-state index in [0.717, 1.165) is 30.1 Å². The molecule has 0 aliphatic carbocycles. The highest BCUT2D eigenvalue weighted by molar-refractivity contribution is 8.00. The summed E-state index contributed by atoms with van der Waals surface area (Å²) >= 11 is 7.69. The van der Waals surface area contributed by atoms with Gasteiger partial charge in [0.05, 0.1) is 6.61 Å². The van der Waals surface area contributed by atoms with Crippen molar-refractivity contribution in [2.45, 2.75) is 23.2 Å². The third-order valence-corrected chi connectivity index (χ3v) is 5.60. The number of likely N-dealkylation sites (tertiary alicyclic amines) is 1. The third-order valence-electron chi connectivity index (χ3n) is 4.08. The lowest BCUT2D eigenvalue weighted by Crippen LogP contribution is -2.33. The Kier molecular flexibility index (Phi) is 6.24. The molecular formula is C19H20ClNO3S. The molecule has 132 valence electrons. The first kappa shape index (κ1) is 18.1. The summed E-state index contributed by atoms with van der Waals surface area (Å²) in [5.74, 6) is 0.641. The third kappa shape index (κ3) is 5.14. The van der Waals surface area contributed by atoms with Crippen molar-refractivity contribution in [2.75, 3.05) is 19.7 Å². The minimum absolute atomic E-state index is 0.000334. The maximum atomic E-state index is 12.3. The molecule has 25 heavy (non-hydrogen) atoms. The summed E-state index contributed by atoms with van der Waals surface area (Å²) in [5.41, 5.74) is 0.820. The van der Waals surface area contributed by atoms with E-state index in [1.54, 1.807) is 36.0 Å². The van der Waals surface area contributed by atoms with Crippen LogP contribution >= 0.6 is 23.4 Å². The van der Waals surface area contributed by atoms with Gasteiger partial charge in [-0.25, -0.2) is 0 Å². The molecule has 0 bridgehead atoms. The van der Waals surface area contributed by atoms with Crippen molar-refractivity contribution in [3.63, 3.8) is 0 Å². The number of benzene rings is 2. The fourth-order valence-electron chi connectivity index (χ4n) is 2.68. The Balaban J connectivity index is 1.46. The maximum Gasteiger partial charge on any atom is 0.260 e. The number of aliphatic hydroxyl groups excluding tert-OH is 1. The summed E-state index contributed by atoms with van der Waals surface area (Å²) in [6.07, 6.45) is 0.976. The lowest BCUT2D eigenvalue weighted by molar-refractivity contribution is -0.132. The molecule has 0 saturated carbocycles. The van der Waals surface area contributed by atoms with Gasteiger partial charge in [-0.2, -0.15) is 0 Å². The van der Waals surface area contributed by atoms with Crippen LogP contribution in [0.2, 0.25) is 5.02 Å². The topological polar surface area (TPSA) is 49.8 Å². The molecule has 1 N–H and O–H groups in total. The summed E-state index contributed by atoms with van der Waals surface area (Å²) in [5, 5.41) is 10.2. The number of aliphatic hydroxyl groups is 1. The number of carbonyl (C=O) groups excluding carboxylic acids is 1. The number of rotatable bonds is 6. The van der Waals surface area contributed by atoms with Crippen LogP contribution in [0.25, 0.3) is 0 Å². The summed E-state index contributed by atoms with van der Waals surface area (Å²) < 4.78 is 5.55. The van der Waals surface area contributed by atoms with E-state index in [4.69, 9.17) is 21.4 Å². The normalized spacial score (nSPS) is 16.9. The Morgan fingerprint density at radius 2 is 1.92 bits per heavy atom. The molecule has 1 heterocycles. The first-order valence-corrected chi connectivity index (χ1v) is 9.42. The zero-order valence-corrected chi connectivity index (χ0v) is 15.3. The standard InChI is InChI=1S/C19H20ClNO3S/c20-15-3-7-17(8-4-15)25-18-9-10-21(11-18)19(23)13-24-16-5-1-14(12-22)2-6-16/h1-8,18,22H,9-13H2. The maximum absolute atomic E-state index is 12.3. The molecule has 1 aliphatic rings. The Bertz CT molecular complexity index is 706. The summed E-state index contributed by atoms with van der Waals surface area (Å²) in [4.78, 5) is 15.3. The Labute approximate surface area is 156 Å². The predicted octanol–water partition coefficient (Wildman–Crippen LogP) is 3.60. The van der Waals surface area contributed by atoms with Crippen molar-refractivity contribution in [3.8, 4) is 5.75 Å². The second-order valence-electron chi connectivity index (χ2n) is 5.91. The van der Waals surface area contributed by atoms with E-state index >= 15 is 0 Å². The lowest BCUT2D eigenvalue weighted by Gasteiger charge is -2.17. The number of hydrogen-bond donors (Lipinski definition) is 1. The smallest absolute Gasteiger partial charge is 0.260 e. The number of amides is 1. The molecule has 0 spiro atoms. The van der Waals surface area contributed by atoms with Gasteiger partial charge in [0, 0.05) is 28.3 Å². The van der Waals surface area contributed by atoms with Crippen molar-refractivity contribution in [1.29, 1.82) is 0 Å². The van der Waals surface area contributed by atoms with Gasteiger partial charge >= 0.3 is 0 Å². The first-order valence-electron chi connectivity index (χ1n) is 8.16. The second-order valence-corrected chi connectivity index (χ2v) is 7.72. The van der Waals surface area contributed by atoms with Gasteiger partial charge < -0.3 is 14.7 Å². The molecule has 6 heteroatoms. The van der Waals surface area contributed by atoms with Crippen molar-refractivity contribution in [1.82, 2.24) is 4.90 Å². The number of halogens is 1. The Hall–Kier alpha value is -1.69. The van der Waals surface area contributed by atoms with Crippen molar-refractivity contribution < 1.29 is 14.6 Å². The highest BCUT2D eigenvalue weighted by atomic mass is 35.5. The molecule has 1 atom stereocenters. The van der Waals surface area contributed by atoms with Gasteiger partial charge in [-0.05, 0) is 48.4 Å².